The molecule has 0 aromatic heterocycles. The van der Waals surface area contributed by atoms with Gasteiger partial charge in [0.2, 0.25) is 0 Å². The maximum atomic E-state index is 10.7. The summed E-state index contributed by atoms with van der Waals surface area (Å²) >= 11 is 0. The molecule has 0 bridgehead atoms. The fraction of sp³-hybridized carbons (Fsp3) is 0.250. The highest BCUT2D eigenvalue weighted by molar-refractivity contribution is 5.39. The number of benzene rings is 3. The lowest BCUT2D eigenvalue weighted by Crippen LogP contribution is -2.24. The molecule has 0 fully saturated rings. The quantitative estimate of drug-likeness (QED) is 0.339. The standard InChI is InChI=1S/C24H25NO4/c1-18-7-9-20(10-8-18)24(2,3)17-28-16-19-5-4-6-23(15-19)29-22-13-11-21(12-14-22)25(26)27/h4-15H,16-17H2,1-3H3. The van der Waals surface area contributed by atoms with Crippen LogP contribution in [0.4, 0.5) is 5.69 Å². The molecule has 3 aromatic carbocycles. The largest absolute Gasteiger partial charge is 0.457 e. The third-order valence-corrected chi connectivity index (χ3v) is 4.75. The van der Waals surface area contributed by atoms with Crippen molar-refractivity contribution in [3.8, 4) is 11.5 Å². The minimum atomic E-state index is -0.431. The van der Waals surface area contributed by atoms with Crippen LogP contribution in [0.15, 0.2) is 72.8 Å². The van der Waals surface area contributed by atoms with E-state index in [0.717, 1.165) is 5.56 Å². The van der Waals surface area contributed by atoms with Crippen molar-refractivity contribution < 1.29 is 14.4 Å². The van der Waals surface area contributed by atoms with Crippen molar-refractivity contribution in [1.82, 2.24) is 0 Å². The predicted molar refractivity (Wildman–Crippen MR) is 113 cm³/mol. The third kappa shape index (κ3) is 5.65. The lowest BCUT2D eigenvalue weighted by molar-refractivity contribution is -0.384. The minimum Gasteiger partial charge on any atom is -0.457 e. The van der Waals surface area contributed by atoms with Gasteiger partial charge in [-0.15, -0.1) is 0 Å². The first kappa shape index (κ1) is 20.6. The van der Waals surface area contributed by atoms with Crippen LogP contribution < -0.4 is 4.74 Å². The van der Waals surface area contributed by atoms with Gasteiger partial charge in [0, 0.05) is 17.5 Å². The van der Waals surface area contributed by atoms with Crippen LogP contribution in [0.25, 0.3) is 0 Å². The summed E-state index contributed by atoms with van der Waals surface area (Å²) in [6.07, 6.45) is 0. The molecule has 0 N–H and O–H groups in total. The summed E-state index contributed by atoms with van der Waals surface area (Å²) in [7, 11) is 0. The van der Waals surface area contributed by atoms with Gasteiger partial charge in [-0.2, -0.15) is 0 Å². The van der Waals surface area contributed by atoms with Crippen LogP contribution in [0.1, 0.15) is 30.5 Å². The number of ether oxygens (including phenoxy) is 2. The van der Waals surface area contributed by atoms with Crippen molar-refractivity contribution in [2.45, 2.75) is 32.8 Å². The summed E-state index contributed by atoms with van der Waals surface area (Å²) in [5.41, 5.74) is 3.45. The van der Waals surface area contributed by atoms with Gasteiger partial charge in [0.25, 0.3) is 5.69 Å². The lowest BCUT2D eigenvalue weighted by Gasteiger charge is -2.25. The van der Waals surface area contributed by atoms with Gasteiger partial charge < -0.3 is 9.47 Å². The molecule has 0 aliphatic heterocycles. The molecule has 5 nitrogen and oxygen atoms in total. The normalized spacial score (nSPS) is 11.3. The second kappa shape index (κ2) is 8.88. The van der Waals surface area contributed by atoms with Crippen LogP contribution in [0.2, 0.25) is 0 Å². The molecule has 0 saturated heterocycles. The molecule has 0 aliphatic carbocycles. The van der Waals surface area contributed by atoms with E-state index in [0.29, 0.717) is 24.7 Å². The zero-order valence-corrected chi connectivity index (χ0v) is 16.9. The van der Waals surface area contributed by atoms with Crippen LogP contribution in [0.5, 0.6) is 11.5 Å². The van der Waals surface area contributed by atoms with Crippen molar-refractivity contribution in [3.05, 3.63) is 99.6 Å². The predicted octanol–water partition coefficient (Wildman–Crippen LogP) is 6.19. The van der Waals surface area contributed by atoms with Gasteiger partial charge >= 0.3 is 0 Å². The number of nitro benzene ring substituents is 1. The topological polar surface area (TPSA) is 61.6 Å². The van der Waals surface area contributed by atoms with Gasteiger partial charge in [0.1, 0.15) is 11.5 Å². The van der Waals surface area contributed by atoms with Crippen LogP contribution in [-0.2, 0) is 16.8 Å². The van der Waals surface area contributed by atoms with Gasteiger partial charge in [-0.05, 0) is 42.3 Å². The SMILES string of the molecule is Cc1ccc(C(C)(C)COCc2cccc(Oc3ccc([N+](=O)[O-])cc3)c2)cc1. The Morgan fingerprint density at radius 1 is 0.931 bits per heavy atom. The number of rotatable bonds is 8. The summed E-state index contributed by atoms with van der Waals surface area (Å²) < 4.78 is 11.8. The van der Waals surface area contributed by atoms with E-state index in [1.807, 2.05) is 24.3 Å². The van der Waals surface area contributed by atoms with E-state index in [2.05, 4.69) is 45.0 Å². The molecule has 0 saturated carbocycles. The summed E-state index contributed by atoms with van der Waals surface area (Å²) in [5, 5.41) is 10.7. The summed E-state index contributed by atoms with van der Waals surface area (Å²) in [6.45, 7) is 7.51. The van der Waals surface area contributed by atoms with E-state index >= 15 is 0 Å². The molecular weight excluding hydrogens is 366 g/mol. The number of non-ortho nitro benzene ring substituents is 1. The van der Waals surface area contributed by atoms with E-state index in [1.165, 1.54) is 23.3 Å². The number of nitro groups is 1. The molecule has 0 atom stereocenters. The van der Waals surface area contributed by atoms with E-state index in [9.17, 15) is 10.1 Å². The highest BCUT2D eigenvalue weighted by Gasteiger charge is 2.20. The number of nitrogens with zero attached hydrogens (tertiary/aromatic N) is 1. The van der Waals surface area contributed by atoms with Crippen molar-refractivity contribution in [3.63, 3.8) is 0 Å². The van der Waals surface area contributed by atoms with Gasteiger partial charge in [0.05, 0.1) is 18.1 Å². The third-order valence-electron chi connectivity index (χ3n) is 4.75. The summed E-state index contributed by atoms with van der Waals surface area (Å²) in [4.78, 5) is 10.3. The Hall–Kier alpha value is -3.18. The molecule has 0 spiro atoms. The first-order valence-corrected chi connectivity index (χ1v) is 9.50. The van der Waals surface area contributed by atoms with Crippen LogP contribution >= 0.6 is 0 Å². The van der Waals surface area contributed by atoms with E-state index < -0.39 is 4.92 Å². The van der Waals surface area contributed by atoms with Crippen LogP contribution in [0, 0.1) is 17.0 Å². The van der Waals surface area contributed by atoms with Crippen LogP contribution in [-0.4, -0.2) is 11.5 Å². The summed E-state index contributed by atoms with van der Waals surface area (Å²) in [6, 6.07) is 22.2. The maximum absolute atomic E-state index is 10.7. The molecule has 150 valence electrons. The monoisotopic (exact) mass is 391 g/mol. The minimum absolute atomic E-state index is 0.0377. The van der Waals surface area contributed by atoms with Crippen LogP contribution in [0.3, 0.4) is 0 Å². The zero-order chi connectivity index (χ0) is 20.9. The highest BCUT2D eigenvalue weighted by Crippen LogP contribution is 2.26. The Labute approximate surface area is 171 Å². The Morgan fingerprint density at radius 3 is 2.28 bits per heavy atom. The van der Waals surface area contributed by atoms with Crippen molar-refractivity contribution in [2.75, 3.05) is 6.61 Å². The molecule has 0 aliphatic rings. The smallest absolute Gasteiger partial charge is 0.269 e. The van der Waals surface area contributed by atoms with E-state index in [4.69, 9.17) is 9.47 Å². The zero-order valence-electron chi connectivity index (χ0n) is 16.9. The molecule has 3 aromatic rings. The molecule has 0 heterocycles. The van der Waals surface area contributed by atoms with Gasteiger partial charge in [-0.1, -0.05) is 55.8 Å². The second-order valence-corrected chi connectivity index (χ2v) is 7.74. The maximum Gasteiger partial charge on any atom is 0.269 e. The molecule has 3 rings (SSSR count). The fourth-order valence-electron chi connectivity index (χ4n) is 2.98. The Bertz CT molecular complexity index is 963. The van der Waals surface area contributed by atoms with E-state index in [-0.39, 0.29) is 11.1 Å². The fourth-order valence-corrected chi connectivity index (χ4v) is 2.98. The van der Waals surface area contributed by atoms with E-state index in [1.54, 1.807) is 12.1 Å². The summed E-state index contributed by atoms with van der Waals surface area (Å²) in [5.74, 6) is 1.21. The first-order chi connectivity index (χ1) is 13.8. The second-order valence-electron chi connectivity index (χ2n) is 7.74. The Morgan fingerprint density at radius 2 is 1.62 bits per heavy atom. The van der Waals surface area contributed by atoms with Gasteiger partial charge in [0.15, 0.2) is 0 Å². The van der Waals surface area contributed by atoms with Gasteiger partial charge in [-0.25, -0.2) is 0 Å². The first-order valence-electron chi connectivity index (χ1n) is 9.50. The Kier molecular flexibility index (Phi) is 6.29. The average Bonchev–Trinajstić information content (AvgIpc) is 2.69. The molecular formula is C24H25NO4. The lowest BCUT2D eigenvalue weighted by atomic mass is 9.85. The van der Waals surface area contributed by atoms with Crippen molar-refractivity contribution in [1.29, 1.82) is 0 Å². The average molecular weight is 391 g/mol. The molecule has 29 heavy (non-hydrogen) atoms. The van der Waals surface area contributed by atoms with Crippen molar-refractivity contribution >= 4 is 5.69 Å². The van der Waals surface area contributed by atoms with Crippen molar-refractivity contribution in [2.24, 2.45) is 0 Å². The Balaban J connectivity index is 1.58. The molecule has 0 radical (unpaired) electrons. The number of aryl methyl sites for hydroxylation is 1. The molecule has 5 heteroatoms. The number of hydrogen-bond donors (Lipinski definition) is 0. The van der Waals surface area contributed by atoms with Gasteiger partial charge in [-0.3, -0.25) is 10.1 Å². The number of hydrogen-bond acceptors (Lipinski definition) is 4. The molecule has 0 unspecified atom stereocenters. The highest BCUT2D eigenvalue weighted by atomic mass is 16.6. The molecule has 0 amide bonds.